The average molecular weight is 247 g/mol. The molecule has 2 rings (SSSR count). The fourth-order valence-corrected chi connectivity index (χ4v) is 2.40. The molecule has 0 aliphatic rings. The third-order valence-electron chi connectivity index (χ3n) is 2.62. The second-order valence-electron chi connectivity index (χ2n) is 3.72. The van der Waals surface area contributed by atoms with E-state index in [1.807, 2.05) is 19.2 Å². The molecule has 0 saturated carbocycles. The van der Waals surface area contributed by atoms with Crippen molar-refractivity contribution in [2.24, 2.45) is 0 Å². The molecule has 90 valence electrons. The predicted octanol–water partition coefficient (Wildman–Crippen LogP) is 3.21. The largest absolute Gasteiger partial charge is 0.373 e. The SMILES string of the molecule is CCN(Cc1cccs1)c1cccc(NC)n1. The third kappa shape index (κ3) is 2.97. The van der Waals surface area contributed by atoms with Crippen molar-refractivity contribution in [2.45, 2.75) is 13.5 Å². The van der Waals surface area contributed by atoms with Crippen molar-refractivity contribution in [2.75, 3.05) is 23.8 Å². The summed E-state index contributed by atoms with van der Waals surface area (Å²) < 4.78 is 0. The Bertz CT molecular complexity index is 453. The highest BCUT2D eigenvalue weighted by Crippen LogP contribution is 2.18. The summed E-state index contributed by atoms with van der Waals surface area (Å²) >= 11 is 1.79. The predicted molar refractivity (Wildman–Crippen MR) is 74.8 cm³/mol. The lowest BCUT2D eigenvalue weighted by atomic mass is 10.3. The van der Waals surface area contributed by atoms with Gasteiger partial charge in [0.2, 0.25) is 0 Å². The highest BCUT2D eigenvalue weighted by atomic mass is 32.1. The molecule has 0 spiro atoms. The van der Waals surface area contributed by atoms with Crippen molar-refractivity contribution < 1.29 is 0 Å². The van der Waals surface area contributed by atoms with Crippen LogP contribution in [0.15, 0.2) is 35.7 Å². The van der Waals surface area contributed by atoms with Crippen LogP contribution in [0.3, 0.4) is 0 Å². The second kappa shape index (κ2) is 5.68. The van der Waals surface area contributed by atoms with Crippen molar-refractivity contribution in [3.05, 3.63) is 40.6 Å². The van der Waals surface area contributed by atoms with Crippen molar-refractivity contribution >= 4 is 23.0 Å². The quantitative estimate of drug-likeness (QED) is 0.879. The topological polar surface area (TPSA) is 28.2 Å². The van der Waals surface area contributed by atoms with Gasteiger partial charge in [0.05, 0.1) is 6.54 Å². The van der Waals surface area contributed by atoms with Gasteiger partial charge in [-0.1, -0.05) is 12.1 Å². The van der Waals surface area contributed by atoms with Gasteiger partial charge in [-0.3, -0.25) is 0 Å². The molecule has 1 N–H and O–H groups in total. The van der Waals surface area contributed by atoms with Crippen LogP contribution in [0.25, 0.3) is 0 Å². The van der Waals surface area contributed by atoms with Crippen molar-refractivity contribution in [3.8, 4) is 0 Å². The normalized spacial score (nSPS) is 10.2. The fourth-order valence-electron chi connectivity index (χ4n) is 1.68. The van der Waals surface area contributed by atoms with E-state index in [0.717, 1.165) is 24.7 Å². The molecule has 2 aromatic rings. The molecule has 2 aromatic heterocycles. The molecule has 0 aliphatic carbocycles. The van der Waals surface area contributed by atoms with Crippen molar-refractivity contribution in [3.63, 3.8) is 0 Å². The number of hydrogen-bond donors (Lipinski definition) is 1. The summed E-state index contributed by atoms with van der Waals surface area (Å²) in [5.74, 6) is 1.93. The number of rotatable bonds is 5. The molecule has 3 nitrogen and oxygen atoms in total. The third-order valence-corrected chi connectivity index (χ3v) is 3.48. The zero-order valence-electron chi connectivity index (χ0n) is 10.2. The Morgan fingerprint density at radius 2 is 2.18 bits per heavy atom. The van der Waals surface area contributed by atoms with Gasteiger partial charge in [0, 0.05) is 18.5 Å². The van der Waals surface area contributed by atoms with Gasteiger partial charge in [-0.15, -0.1) is 11.3 Å². The Morgan fingerprint density at radius 1 is 1.29 bits per heavy atom. The maximum absolute atomic E-state index is 4.56. The van der Waals surface area contributed by atoms with Gasteiger partial charge in [0.15, 0.2) is 0 Å². The van der Waals surface area contributed by atoms with E-state index >= 15 is 0 Å². The molecule has 0 bridgehead atoms. The minimum atomic E-state index is 0.909. The number of nitrogens with one attached hydrogen (secondary N) is 1. The van der Waals surface area contributed by atoms with E-state index in [9.17, 15) is 0 Å². The van der Waals surface area contributed by atoms with E-state index < -0.39 is 0 Å². The molecule has 0 unspecified atom stereocenters. The first kappa shape index (κ1) is 11.9. The highest BCUT2D eigenvalue weighted by molar-refractivity contribution is 7.09. The van der Waals surface area contributed by atoms with E-state index in [1.54, 1.807) is 11.3 Å². The van der Waals surface area contributed by atoms with Crippen LogP contribution in [0.4, 0.5) is 11.6 Å². The Hall–Kier alpha value is -1.55. The number of nitrogens with zero attached hydrogens (tertiary/aromatic N) is 2. The second-order valence-corrected chi connectivity index (χ2v) is 4.76. The van der Waals surface area contributed by atoms with Gasteiger partial charge in [-0.05, 0) is 30.5 Å². The van der Waals surface area contributed by atoms with Crippen LogP contribution in [-0.2, 0) is 6.54 Å². The lowest BCUT2D eigenvalue weighted by molar-refractivity contribution is 0.824. The maximum Gasteiger partial charge on any atom is 0.131 e. The fraction of sp³-hybridized carbons (Fsp3) is 0.308. The van der Waals surface area contributed by atoms with E-state index in [1.165, 1.54) is 4.88 Å². The minimum Gasteiger partial charge on any atom is -0.373 e. The number of anilines is 2. The Balaban J connectivity index is 2.16. The molecular weight excluding hydrogens is 230 g/mol. The maximum atomic E-state index is 4.56. The van der Waals surface area contributed by atoms with Crippen molar-refractivity contribution in [1.29, 1.82) is 0 Å². The lowest BCUT2D eigenvalue weighted by Gasteiger charge is -2.21. The van der Waals surface area contributed by atoms with Gasteiger partial charge in [-0.25, -0.2) is 4.98 Å². The van der Waals surface area contributed by atoms with Gasteiger partial charge >= 0.3 is 0 Å². The van der Waals surface area contributed by atoms with Crippen molar-refractivity contribution in [1.82, 2.24) is 4.98 Å². The number of pyridine rings is 1. The Kier molecular flexibility index (Phi) is 3.98. The van der Waals surface area contributed by atoms with Crippen LogP contribution in [0.5, 0.6) is 0 Å². The molecule has 0 saturated heterocycles. The van der Waals surface area contributed by atoms with E-state index in [0.29, 0.717) is 0 Å². The number of thiophene rings is 1. The average Bonchev–Trinajstić information content (AvgIpc) is 2.89. The summed E-state index contributed by atoms with van der Waals surface area (Å²) in [4.78, 5) is 8.20. The van der Waals surface area contributed by atoms with Crippen LogP contribution in [-0.4, -0.2) is 18.6 Å². The number of aromatic nitrogens is 1. The van der Waals surface area contributed by atoms with Crippen LogP contribution in [0, 0.1) is 0 Å². The smallest absolute Gasteiger partial charge is 0.131 e. The molecule has 0 radical (unpaired) electrons. The zero-order valence-corrected chi connectivity index (χ0v) is 11.0. The molecule has 0 aliphatic heterocycles. The molecule has 0 amide bonds. The van der Waals surface area contributed by atoms with Crippen LogP contribution < -0.4 is 10.2 Å². The van der Waals surface area contributed by atoms with Gasteiger partial charge < -0.3 is 10.2 Å². The minimum absolute atomic E-state index is 0.909. The summed E-state index contributed by atoms with van der Waals surface area (Å²) in [6, 6.07) is 10.3. The van der Waals surface area contributed by atoms with Gasteiger partial charge in [0.25, 0.3) is 0 Å². The number of hydrogen-bond acceptors (Lipinski definition) is 4. The summed E-state index contributed by atoms with van der Waals surface area (Å²) in [6.07, 6.45) is 0. The first-order chi connectivity index (χ1) is 8.33. The molecule has 4 heteroatoms. The first-order valence-electron chi connectivity index (χ1n) is 5.75. The molecule has 0 fully saturated rings. The standard InChI is InChI=1S/C13H17N3S/c1-3-16(10-11-6-5-9-17-11)13-8-4-7-12(14-2)15-13/h4-9H,3,10H2,1-2H3,(H,14,15). The van der Waals surface area contributed by atoms with Gasteiger partial charge in [0.1, 0.15) is 11.6 Å². The molecule has 0 aromatic carbocycles. The Morgan fingerprint density at radius 3 is 2.82 bits per heavy atom. The van der Waals surface area contributed by atoms with Crippen LogP contribution >= 0.6 is 11.3 Å². The molecule has 0 atom stereocenters. The van der Waals surface area contributed by atoms with E-state index in [4.69, 9.17) is 0 Å². The van der Waals surface area contributed by atoms with E-state index in [-0.39, 0.29) is 0 Å². The van der Waals surface area contributed by atoms with Crippen LogP contribution in [0.2, 0.25) is 0 Å². The van der Waals surface area contributed by atoms with Gasteiger partial charge in [-0.2, -0.15) is 0 Å². The Labute approximate surface area is 106 Å². The summed E-state index contributed by atoms with van der Waals surface area (Å²) in [5, 5.41) is 5.18. The summed E-state index contributed by atoms with van der Waals surface area (Å²) in [6.45, 7) is 4.04. The first-order valence-corrected chi connectivity index (χ1v) is 6.63. The summed E-state index contributed by atoms with van der Waals surface area (Å²) in [7, 11) is 1.89. The zero-order chi connectivity index (χ0) is 12.1. The molecular formula is C13H17N3S. The molecule has 17 heavy (non-hydrogen) atoms. The van der Waals surface area contributed by atoms with Crippen LogP contribution in [0.1, 0.15) is 11.8 Å². The van der Waals surface area contributed by atoms with E-state index in [2.05, 4.69) is 45.7 Å². The molecule has 2 heterocycles. The highest BCUT2D eigenvalue weighted by Gasteiger charge is 2.07. The monoisotopic (exact) mass is 247 g/mol. The summed E-state index contributed by atoms with van der Waals surface area (Å²) in [5.41, 5.74) is 0. The lowest BCUT2D eigenvalue weighted by Crippen LogP contribution is -2.22.